The second-order valence-corrected chi connectivity index (χ2v) is 3.09. The van der Waals surface area contributed by atoms with E-state index in [0.717, 1.165) is 0 Å². The van der Waals surface area contributed by atoms with E-state index in [9.17, 15) is 0 Å². The molecule has 0 aliphatic carbocycles. The van der Waals surface area contributed by atoms with Crippen LogP contribution in [-0.4, -0.2) is 12.3 Å². The first-order chi connectivity index (χ1) is 5.81. The molecule has 0 aromatic heterocycles. The average molecular weight is 168 g/mol. The summed E-state index contributed by atoms with van der Waals surface area (Å²) < 4.78 is 0. The van der Waals surface area contributed by atoms with Crippen LogP contribution in [0.5, 0.6) is 0 Å². The Morgan fingerprint density at radius 2 is 2.17 bits per heavy atom. The lowest BCUT2D eigenvalue weighted by atomic mass is 10.1. The fourth-order valence-corrected chi connectivity index (χ4v) is 1.05. The minimum atomic E-state index is 0.535. The number of hydrogen-bond acceptors (Lipinski definition) is 2. The SMILES string of the molecule is CCCCCC(C)N/C=C\C=N. The molecule has 2 nitrogen and oxygen atoms in total. The molecule has 0 aliphatic heterocycles. The highest BCUT2D eigenvalue weighted by molar-refractivity contribution is 5.67. The van der Waals surface area contributed by atoms with Gasteiger partial charge in [-0.3, -0.25) is 0 Å². The van der Waals surface area contributed by atoms with Crippen molar-refractivity contribution in [1.29, 1.82) is 5.41 Å². The maximum atomic E-state index is 6.76. The lowest BCUT2D eigenvalue weighted by molar-refractivity contribution is 0.541. The van der Waals surface area contributed by atoms with Gasteiger partial charge in [0.2, 0.25) is 0 Å². The fourth-order valence-electron chi connectivity index (χ4n) is 1.05. The van der Waals surface area contributed by atoms with E-state index in [0.29, 0.717) is 6.04 Å². The van der Waals surface area contributed by atoms with E-state index in [1.807, 2.05) is 6.20 Å². The van der Waals surface area contributed by atoms with Crippen molar-refractivity contribution in [3.63, 3.8) is 0 Å². The van der Waals surface area contributed by atoms with E-state index in [1.165, 1.54) is 31.9 Å². The van der Waals surface area contributed by atoms with Crippen LogP contribution in [-0.2, 0) is 0 Å². The zero-order chi connectivity index (χ0) is 9.23. The van der Waals surface area contributed by atoms with Crippen molar-refractivity contribution in [1.82, 2.24) is 5.32 Å². The van der Waals surface area contributed by atoms with Gasteiger partial charge in [-0.05, 0) is 25.6 Å². The molecule has 0 rings (SSSR count). The molecule has 0 aliphatic rings. The molecule has 0 saturated carbocycles. The van der Waals surface area contributed by atoms with Crippen molar-refractivity contribution in [2.45, 2.75) is 45.6 Å². The van der Waals surface area contributed by atoms with Crippen molar-refractivity contribution in [2.75, 3.05) is 0 Å². The summed E-state index contributed by atoms with van der Waals surface area (Å²) in [6.07, 6.45) is 9.94. The molecule has 0 spiro atoms. The van der Waals surface area contributed by atoms with Crippen LogP contribution in [0, 0.1) is 5.41 Å². The molecule has 70 valence electrons. The van der Waals surface area contributed by atoms with Gasteiger partial charge in [-0.2, -0.15) is 0 Å². The number of unbranched alkanes of at least 4 members (excludes halogenated alkanes) is 2. The molecule has 0 aromatic carbocycles. The third-order valence-electron chi connectivity index (χ3n) is 1.81. The molecule has 0 amide bonds. The van der Waals surface area contributed by atoms with E-state index in [2.05, 4.69) is 19.2 Å². The first-order valence-corrected chi connectivity index (χ1v) is 4.73. The Balaban J connectivity index is 3.26. The normalized spacial score (nSPS) is 13.2. The average Bonchev–Trinajstić information content (AvgIpc) is 2.06. The Hall–Kier alpha value is -0.790. The summed E-state index contributed by atoms with van der Waals surface area (Å²) in [5, 5.41) is 9.97. The van der Waals surface area contributed by atoms with Crippen LogP contribution < -0.4 is 5.32 Å². The zero-order valence-electron chi connectivity index (χ0n) is 8.14. The van der Waals surface area contributed by atoms with Gasteiger partial charge in [-0.25, -0.2) is 0 Å². The standard InChI is InChI=1S/C10H20N2/c1-3-4-5-7-10(2)12-9-6-8-11/h6,8-12H,3-5,7H2,1-2H3/b9-6-,11-8?. The Morgan fingerprint density at radius 3 is 2.75 bits per heavy atom. The van der Waals surface area contributed by atoms with Gasteiger partial charge in [0.25, 0.3) is 0 Å². The van der Waals surface area contributed by atoms with Crippen molar-refractivity contribution >= 4 is 6.21 Å². The van der Waals surface area contributed by atoms with Crippen LogP contribution in [0.25, 0.3) is 0 Å². The van der Waals surface area contributed by atoms with Crippen molar-refractivity contribution < 1.29 is 0 Å². The smallest absolute Gasteiger partial charge is 0.0227 e. The molecule has 0 saturated heterocycles. The minimum absolute atomic E-state index is 0.535. The predicted octanol–water partition coefficient (Wildman–Crippen LogP) is 2.71. The molecule has 0 fully saturated rings. The second-order valence-electron chi connectivity index (χ2n) is 3.09. The van der Waals surface area contributed by atoms with Crippen LogP contribution in [0.1, 0.15) is 39.5 Å². The summed E-state index contributed by atoms with van der Waals surface area (Å²) in [5.74, 6) is 0. The molecular weight excluding hydrogens is 148 g/mol. The number of hydrogen-bond donors (Lipinski definition) is 2. The summed E-state index contributed by atoms with van der Waals surface area (Å²) in [5.41, 5.74) is 0. The molecule has 0 heterocycles. The van der Waals surface area contributed by atoms with E-state index in [-0.39, 0.29) is 0 Å². The highest BCUT2D eigenvalue weighted by atomic mass is 14.9. The van der Waals surface area contributed by atoms with Gasteiger partial charge in [-0.15, -0.1) is 0 Å². The minimum Gasteiger partial charge on any atom is -0.388 e. The number of rotatable bonds is 7. The Kier molecular flexibility index (Phi) is 7.76. The van der Waals surface area contributed by atoms with Gasteiger partial charge in [0.05, 0.1) is 0 Å². The summed E-state index contributed by atoms with van der Waals surface area (Å²) in [7, 11) is 0. The fraction of sp³-hybridized carbons (Fsp3) is 0.700. The summed E-state index contributed by atoms with van der Waals surface area (Å²) in [4.78, 5) is 0. The van der Waals surface area contributed by atoms with Gasteiger partial charge in [0.1, 0.15) is 0 Å². The van der Waals surface area contributed by atoms with E-state index < -0.39 is 0 Å². The number of nitrogens with one attached hydrogen (secondary N) is 2. The van der Waals surface area contributed by atoms with E-state index in [4.69, 9.17) is 5.41 Å². The highest BCUT2D eigenvalue weighted by Gasteiger charge is 1.96. The third kappa shape index (κ3) is 7.32. The molecule has 12 heavy (non-hydrogen) atoms. The van der Waals surface area contributed by atoms with Gasteiger partial charge >= 0.3 is 0 Å². The molecule has 2 N–H and O–H groups in total. The number of allylic oxidation sites excluding steroid dienone is 1. The third-order valence-corrected chi connectivity index (χ3v) is 1.81. The largest absolute Gasteiger partial charge is 0.388 e. The Bertz CT molecular complexity index is 130. The summed E-state index contributed by atoms with van der Waals surface area (Å²) in [6, 6.07) is 0.535. The van der Waals surface area contributed by atoms with Crippen LogP contribution >= 0.6 is 0 Å². The quantitative estimate of drug-likeness (QED) is 0.445. The van der Waals surface area contributed by atoms with Crippen LogP contribution in [0.2, 0.25) is 0 Å². The lowest BCUT2D eigenvalue weighted by Crippen LogP contribution is -2.19. The lowest BCUT2D eigenvalue weighted by Gasteiger charge is -2.10. The van der Waals surface area contributed by atoms with E-state index >= 15 is 0 Å². The molecular formula is C10H20N2. The molecule has 0 radical (unpaired) electrons. The maximum absolute atomic E-state index is 6.76. The topological polar surface area (TPSA) is 35.9 Å². The molecule has 1 unspecified atom stereocenters. The van der Waals surface area contributed by atoms with E-state index in [1.54, 1.807) is 6.08 Å². The van der Waals surface area contributed by atoms with Gasteiger partial charge in [-0.1, -0.05) is 26.2 Å². The Morgan fingerprint density at radius 1 is 1.42 bits per heavy atom. The predicted molar refractivity (Wildman–Crippen MR) is 54.7 cm³/mol. The van der Waals surface area contributed by atoms with Gasteiger partial charge in [0, 0.05) is 12.3 Å². The van der Waals surface area contributed by atoms with Crippen LogP contribution in [0.3, 0.4) is 0 Å². The van der Waals surface area contributed by atoms with Crippen molar-refractivity contribution in [3.8, 4) is 0 Å². The second kappa shape index (κ2) is 8.31. The van der Waals surface area contributed by atoms with Gasteiger partial charge < -0.3 is 10.7 Å². The molecule has 0 aromatic rings. The first kappa shape index (κ1) is 11.2. The summed E-state index contributed by atoms with van der Waals surface area (Å²) in [6.45, 7) is 4.39. The van der Waals surface area contributed by atoms with Gasteiger partial charge in [0.15, 0.2) is 0 Å². The molecule has 1 atom stereocenters. The van der Waals surface area contributed by atoms with Crippen molar-refractivity contribution in [3.05, 3.63) is 12.3 Å². The van der Waals surface area contributed by atoms with Crippen molar-refractivity contribution in [2.24, 2.45) is 0 Å². The maximum Gasteiger partial charge on any atom is 0.0227 e. The van der Waals surface area contributed by atoms with Crippen LogP contribution in [0.15, 0.2) is 12.3 Å². The van der Waals surface area contributed by atoms with Crippen LogP contribution in [0.4, 0.5) is 0 Å². The molecule has 2 heteroatoms. The highest BCUT2D eigenvalue weighted by Crippen LogP contribution is 2.02. The first-order valence-electron chi connectivity index (χ1n) is 4.73. The zero-order valence-corrected chi connectivity index (χ0v) is 8.14. The molecule has 0 bridgehead atoms. The summed E-state index contributed by atoms with van der Waals surface area (Å²) >= 11 is 0. The monoisotopic (exact) mass is 168 g/mol. The Labute approximate surface area is 75.6 Å².